The lowest BCUT2D eigenvalue weighted by molar-refractivity contribution is -0.140. The Morgan fingerprint density at radius 1 is 1.11 bits per heavy atom. The molecule has 0 bridgehead atoms. The minimum absolute atomic E-state index is 0.215. The summed E-state index contributed by atoms with van der Waals surface area (Å²) in [5.41, 5.74) is 5.96. The number of carbonyl (C=O) groups excluding carboxylic acids is 1. The first-order valence-corrected chi connectivity index (χ1v) is 12.1. The average Bonchev–Trinajstić information content (AvgIpc) is 3.26. The molecule has 4 rings (SSSR count). The zero-order valence-electron chi connectivity index (χ0n) is 21.2. The minimum atomic E-state index is -1.06. The molecule has 0 fully saturated rings. The van der Waals surface area contributed by atoms with Crippen molar-refractivity contribution in [3.63, 3.8) is 0 Å². The van der Waals surface area contributed by atoms with Crippen molar-refractivity contribution >= 4 is 29.0 Å². The predicted molar refractivity (Wildman–Crippen MR) is 143 cm³/mol. The number of nitrogens with zero attached hydrogens (tertiary/aromatic N) is 3. The lowest BCUT2D eigenvalue weighted by Crippen LogP contribution is -2.45. The first kappa shape index (κ1) is 25.5. The number of aromatic nitrogens is 2. The number of imidazole rings is 1. The van der Waals surface area contributed by atoms with E-state index in [0.717, 1.165) is 22.4 Å². The monoisotopic (exact) mass is 495 g/mol. The average molecular weight is 496 g/mol. The van der Waals surface area contributed by atoms with Crippen molar-refractivity contribution in [1.82, 2.24) is 14.7 Å². The quantitative estimate of drug-likeness (QED) is 0.298. The molecule has 8 nitrogen and oxygen atoms in total. The van der Waals surface area contributed by atoms with Gasteiger partial charge in [-0.25, -0.2) is 9.78 Å². The fraction of sp³-hybridized carbons (Fsp3) is 0.241. The number of carboxylic acids is 1. The second-order valence-corrected chi connectivity index (χ2v) is 9.21. The van der Waals surface area contributed by atoms with Gasteiger partial charge in [0.1, 0.15) is 23.2 Å². The summed E-state index contributed by atoms with van der Waals surface area (Å²) in [5, 5.41) is 24.9. The van der Waals surface area contributed by atoms with Gasteiger partial charge in [0.15, 0.2) is 0 Å². The van der Waals surface area contributed by atoms with Gasteiger partial charge < -0.3 is 15.7 Å². The Hall–Kier alpha value is -4.64. The molecule has 188 valence electrons. The third kappa shape index (κ3) is 5.16. The Morgan fingerprint density at radius 3 is 2.38 bits per heavy atom. The SMILES string of the molecule is CCC(C)C(NC(=O)c1ccn2c(Nc3c(C)cccc3C)c(-c3ccc(C#N)cc3)nc2c1)C(=O)O. The Kier molecular flexibility index (Phi) is 7.25. The van der Waals surface area contributed by atoms with Crippen molar-refractivity contribution in [3.8, 4) is 17.3 Å². The number of nitrogens with one attached hydrogen (secondary N) is 2. The maximum Gasteiger partial charge on any atom is 0.326 e. The van der Waals surface area contributed by atoms with Crippen LogP contribution in [0.5, 0.6) is 0 Å². The number of carboxylic acid groups (broad SMARTS) is 1. The van der Waals surface area contributed by atoms with Crippen LogP contribution in [0.4, 0.5) is 11.5 Å². The number of hydrogen-bond donors (Lipinski definition) is 3. The van der Waals surface area contributed by atoms with Gasteiger partial charge in [-0.15, -0.1) is 0 Å². The second kappa shape index (κ2) is 10.5. The number of nitriles is 1. The van der Waals surface area contributed by atoms with Crippen LogP contribution in [-0.2, 0) is 4.79 Å². The molecule has 2 aromatic heterocycles. The Labute approximate surface area is 215 Å². The second-order valence-electron chi connectivity index (χ2n) is 9.21. The van der Waals surface area contributed by atoms with Gasteiger partial charge in [-0.2, -0.15) is 5.26 Å². The van der Waals surface area contributed by atoms with E-state index in [0.29, 0.717) is 34.7 Å². The van der Waals surface area contributed by atoms with E-state index in [4.69, 9.17) is 4.98 Å². The van der Waals surface area contributed by atoms with Crippen LogP contribution in [-0.4, -0.2) is 32.4 Å². The van der Waals surface area contributed by atoms with Crippen molar-refractivity contribution in [2.24, 2.45) is 5.92 Å². The minimum Gasteiger partial charge on any atom is -0.480 e. The molecule has 0 aliphatic carbocycles. The highest BCUT2D eigenvalue weighted by molar-refractivity contribution is 5.97. The summed E-state index contributed by atoms with van der Waals surface area (Å²) in [7, 11) is 0. The van der Waals surface area contributed by atoms with Crippen LogP contribution >= 0.6 is 0 Å². The molecule has 0 saturated carbocycles. The molecular weight excluding hydrogens is 466 g/mol. The van der Waals surface area contributed by atoms with E-state index < -0.39 is 17.9 Å². The topological polar surface area (TPSA) is 120 Å². The van der Waals surface area contributed by atoms with E-state index in [1.165, 1.54) is 0 Å². The fourth-order valence-corrected chi connectivity index (χ4v) is 4.25. The lowest BCUT2D eigenvalue weighted by Gasteiger charge is -2.20. The van der Waals surface area contributed by atoms with Crippen LogP contribution in [0.3, 0.4) is 0 Å². The van der Waals surface area contributed by atoms with Gasteiger partial charge in [0, 0.05) is 23.0 Å². The van der Waals surface area contributed by atoms with E-state index in [1.807, 2.05) is 55.5 Å². The van der Waals surface area contributed by atoms with E-state index in [9.17, 15) is 20.0 Å². The van der Waals surface area contributed by atoms with Crippen molar-refractivity contribution in [1.29, 1.82) is 5.26 Å². The third-order valence-electron chi connectivity index (χ3n) is 6.67. The third-order valence-corrected chi connectivity index (χ3v) is 6.67. The maximum absolute atomic E-state index is 13.0. The molecule has 0 aliphatic heterocycles. The number of fused-ring (bicyclic) bond motifs is 1. The molecule has 2 atom stereocenters. The van der Waals surface area contributed by atoms with E-state index in [2.05, 4.69) is 16.7 Å². The molecule has 2 heterocycles. The summed E-state index contributed by atoms with van der Waals surface area (Å²) in [6.45, 7) is 7.74. The first-order chi connectivity index (χ1) is 17.7. The molecule has 2 unspecified atom stereocenters. The number of anilines is 2. The molecular formula is C29H29N5O3. The molecule has 2 aromatic carbocycles. The summed E-state index contributed by atoms with van der Waals surface area (Å²) in [6, 6.07) is 17.7. The van der Waals surface area contributed by atoms with Gasteiger partial charge in [-0.3, -0.25) is 9.20 Å². The highest BCUT2D eigenvalue weighted by atomic mass is 16.4. The van der Waals surface area contributed by atoms with Gasteiger partial charge in [0.05, 0.1) is 11.6 Å². The number of benzene rings is 2. The van der Waals surface area contributed by atoms with Gasteiger partial charge >= 0.3 is 5.97 Å². The predicted octanol–water partition coefficient (Wildman–Crippen LogP) is 5.46. The molecule has 3 N–H and O–H groups in total. The number of hydrogen-bond acceptors (Lipinski definition) is 5. The molecule has 0 spiro atoms. The Morgan fingerprint density at radius 2 is 1.78 bits per heavy atom. The fourth-order valence-electron chi connectivity index (χ4n) is 4.25. The van der Waals surface area contributed by atoms with Crippen LogP contribution in [0, 0.1) is 31.1 Å². The number of amides is 1. The summed E-state index contributed by atoms with van der Waals surface area (Å²) < 4.78 is 1.86. The van der Waals surface area contributed by atoms with E-state index in [1.54, 1.807) is 37.4 Å². The zero-order chi connectivity index (χ0) is 26.7. The smallest absolute Gasteiger partial charge is 0.326 e. The van der Waals surface area contributed by atoms with E-state index in [-0.39, 0.29) is 5.92 Å². The molecule has 0 saturated heterocycles. The van der Waals surface area contributed by atoms with Crippen LogP contribution in [0.15, 0.2) is 60.8 Å². The number of aryl methyl sites for hydroxylation is 2. The Balaban J connectivity index is 1.80. The standard InChI is InChI=1S/C29H29N5O3/c1-5-17(2)25(29(36)37)33-28(35)22-13-14-34-23(15-22)31-26(21-11-9-20(16-30)10-12-21)27(34)32-24-18(3)7-6-8-19(24)4/h6-15,17,25,32H,5H2,1-4H3,(H,33,35)(H,36,37). The normalized spacial score (nSPS) is 12.5. The maximum atomic E-state index is 13.0. The van der Waals surface area contributed by atoms with Gasteiger partial charge in [0.2, 0.25) is 0 Å². The van der Waals surface area contributed by atoms with Crippen LogP contribution < -0.4 is 10.6 Å². The van der Waals surface area contributed by atoms with Gasteiger partial charge in [-0.1, -0.05) is 50.6 Å². The summed E-state index contributed by atoms with van der Waals surface area (Å²) in [4.78, 5) is 29.5. The van der Waals surface area contributed by atoms with Crippen LogP contribution in [0.1, 0.15) is 47.3 Å². The van der Waals surface area contributed by atoms with Crippen molar-refractivity contribution in [2.75, 3.05) is 5.32 Å². The number of pyridine rings is 1. The molecule has 0 radical (unpaired) electrons. The Bertz CT molecular complexity index is 1500. The molecule has 4 aromatic rings. The molecule has 8 heteroatoms. The lowest BCUT2D eigenvalue weighted by atomic mass is 9.99. The number of carbonyl (C=O) groups is 2. The van der Waals surface area contributed by atoms with Crippen molar-refractivity contribution < 1.29 is 14.7 Å². The molecule has 37 heavy (non-hydrogen) atoms. The molecule has 1 amide bonds. The number of para-hydroxylation sites is 1. The number of aliphatic carboxylic acids is 1. The van der Waals surface area contributed by atoms with Crippen molar-refractivity contribution in [3.05, 3.63) is 83.0 Å². The summed E-state index contributed by atoms with van der Waals surface area (Å²) in [5.74, 6) is -1.03. The van der Waals surface area contributed by atoms with Gasteiger partial charge in [-0.05, 0) is 55.2 Å². The summed E-state index contributed by atoms with van der Waals surface area (Å²) >= 11 is 0. The van der Waals surface area contributed by atoms with Crippen LogP contribution in [0.2, 0.25) is 0 Å². The van der Waals surface area contributed by atoms with Crippen molar-refractivity contribution in [2.45, 2.75) is 40.2 Å². The first-order valence-electron chi connectivity index (χ1n) is 12.1. The highest BCUT2D eigenvalue weighted by Crippen LogP contribution is 2.33. The zero-order valence-corrected chi connectivity index (χ0v) is 21.2. The van der Waals surface area contributed by atoms with E-state index >= 15 is 0 Å². The van der Waals surface area contributed by atoms with Gasteiger partial charge in [0.25, 0.3) is 5.91 Å². The highest BCUT2D eigenvalue weighted by Gasteiger charge is 2.26. The summed E-state index contributed by atoms with van der Waals surface area (Å²) in [6.07, 6.45) is 2.37. The van der Waals surface area contributed by atoms with Crippen LogP contribution in [0.25, 0.3) is 16.9 Å². The largest absolute Gasteiger partial charge is 0.480 e. The molecule has 0 aliphatic rings. The number of rotatable bonds is 8.